The average Bonchev–Trinajstić information content (AvgIpc) is 2.89. The van der Waals surface area contributed by atoms with Crippen LogP contribution in [0, 0.1) is 15.9 Å². The highest BCUT2D eigenvalue weighted by Gasteiger charge is 2.26. The van der Waals surface area contributed by atoms with E-state index in [1.54, 1.807) is 21.3 Å². The molecule has 0 amide bonds. The van der Waals surface area contributed by atoms with Gasteiger partial charge in [0.05, 0.1) is 31.8 Å². The predicted octanol–water partition coefficient (Wildman–Crippen LogP) is 3.36. The van der Waals surface area contributed by atoms with Crippen molar-refractivity contribution in [2.75, 3.05) is 34.4 Å². The molecule has 0 spiro atoms. The summed E-state index contributed by atoms with van der Waals surface area (Å²) in [6.07, 6.45) is 1.34. The van der Waals surface area contributed by atoms with Crippen LogP contribution in [0.5, 0.6) is 17.2 Å². The summed E-state index contributed by atoms with van der Waals surface area (Å²) in [6, 6.07) is 5.89. The van der Waals surface area contributed by atoms with Gasteiger partial charge in [0.15, 0.2) is 11.5 Å². The number of nitro benzene ring substituents is 1. The Morgan fingerprint density at radius 1 is 1.11 bits per heavy atom. The summed E-state index contributed by atoms with van der Waals surface area (Å²) in [5, 5.41) is 11.3. The molecule has 3 rings (SSSR count). The zero-order valence-electron chi connectivity index (χ0n) is 16.2. The minimum atomic E-state index is -0.558. The largest absolute Gasteiger partial charge is 0.493 e. The first-order chi connectivity index (χ1) is 13.5. The lowest BCUT2D eigenvalue weighted by molar-refractivity contribution is -0.386. The normalized spacial score (nSPS) is 14.1. The second-order valence-corrected chi connectivity index (χ2v) is 6.55. The van der Waals surface area contributed by atoms with Gasteiger partial charge in [-0.15, -0.1) is 0 Å². The molecule has 0 radical (unpaired) electrons. The van der Waals surface area contributed by atoms with Crippen molar-refractivity contribution in [1.82, 2.24) is 4.90 Å². The minimum absolute atomic E-state index is 0.112. The lowest BCUT2D eigenvalue weighted by atomic mass is 10.0. The maximum Gasteiger partial charge on any atom is 0.276 e. The Balaban J connectivity index is 1.89. The second kappa shape index (κ2) is 8.43. The van der Waals surface area contributed by atoms with E-state index in [0.29, 0.717) is 43.2 Å². The van der Waals surface area contributed by atoms with E-state index in [1.807, 2.05) is 11.0 Å². The number of nitrogens with zero attached hydrogens (tertiary/aromatic N) is 2. The van der Waals surface area contributed by atoms with Crippen LogP contribution in [0.25, 0.3) is 0 Å². The van der Waals surface area contributed by atoms with E-state index >= 15 is 0 Å². The lowest BCUT2D eigenvalue weighted by Crippen LogP contribution is -2.26. The lowest BCUT2D eigenvalue weighted by Gasteiger charge is -2.20. The molecule has 1 aliphatic rings. The molecule has 0 aliphatic carbocycles. The summed E-state index contributed by atoms with van der Waals surface area (Å²) in [4.78, 5) is 12.7. The quantitative estimate of drug-likeness (QED) is 0.556. The van der Waals surface area contributed by atoms with E-state index in [1.165, 1.54) is 18.2 Å². The van der Waals surface area contributed by atoms with Crippen LogP contribution < -0.4 is 14.2 Å². The number of methoxy groups -OCH3 is 3. The number of halogens is 1. The minimum Gasteiger partial charge on any atom is -0.493 e. The molecule has 1 aliphatic heterocycles. The van der Waals surface area contributed by atoms with Crippen molar-refractivity contribution < 1.29 is 23.5 Å². The van der Waals surface area contributed by atoms with Crippen molar-refractivity contribution >= 4 is 5.69 Å². The Kier molecular flexibility index (Phi) is 5.99. The van der Waals surface area contributed by atoms with E-state index in [-0.39, 0.29) is 17.8 Å². The van der Waals surface area contributed by atoms with Gasteiger partial charge in [-0.05, 0) is 30.5 Å². The van der Waals surface area contributed by atoms with Gasteiger partial charge in [-0.25, -0.2) is 4.39 Å². The van der Waals surface area contributed by atoms with Gasteiger partial charge >= 0.3 is 0 Å². The molecule has 0 unspecified atom stereocenters. The van der Waals surface area contributed by atoms with Crippen LogP contribution >= 0.6 is 0 Å². The first kappa shape index (κ1) is 19.9. The molecule has 0 atom stereocenters. The molecular formula is C20H23FN2O5. The Hall–Kier alpha value is -2.87. The third-order valence-corrected chi connectivity index (χ3v) is 5.07. The maximum absolute atomic E-state index is 14.3. The molecule has 150 valence electrons. The van der Waals surface area contributed by atoms with Gasteiger partial charge in [0.1, 0.15) is 5.82 Å². The molecule has 8 heteroatoms. The summed E-state index contributed by atoms with van der Waals surface area (Å²) in [5.41, 5.74) is 2.01. The molecule has 0 bridgehead atoms. The summed E-state index contributed by atoms with van der Waals surface area (Å²) >= 11 is 0. The fraction of sp³-hybridized carbons (Fsp3) is 0.400. The molecule has 2 aromatic carbocycles. The van der Waals surface area contributed by atoms with Gasteiger partial charge in [-0.3, -0.25) is 15.0 Å². The smallest absolute Gasteiger partial charge is 0.276 e. The maximum atomic E-state index is 14.3. The van der Waals surface area contributed by atoms with E-state index < -0.39 is 10.7 Å². The van der Waals surface area contributed by atoms with Gasteiger partial charge < -0.3 is 14.2 Å². The van der Waals surface area contributed by atoms with Crippen LogP contribution in [0.15, 0.2) is 24.3 Å². The zero-order valence-corrected chi connectivity index (χ0v) is 16.2. The summed E-state index contributed by atoms with van der Waals surface area (Å²) in [6.45, 7) is 1.43. The molecule has 1 heterocycles. The van der Waals surface area contributed by atoms with E-state index in [2.05, 4.69) is 0 Å². The van der Waals surface area contributed by atoms with Gasteiger partial charge in [-0.1, -0.05) is 6.07 Å². The number of hydrogen-bond acceptors (Lipinski definition) is 6. The molecule has 28 heavy (non-hydrogen) atoms. The standard InChI is InChI=1S/C20H23FN2O5/c1-26-18-11-13-7-9-22(10-8-14(13)19(27-2)20(18)28-3)12-15-16(21)5-4-6-17(15)23(24)25/h4-6,11H,7-10,12H2,1-3H3. The Morgan fingerprint density at radius 2 is 1.82 bits per heavy atom. The van der Waals surface area contributed by atoms with Crippen molar-refractivity contribution in [3.05, 3.63) is 56.9 Å². The first-order valence-electron chi connectivity index (χ1n) is 8.95. The van der Waals surface area contributed by atoms with E-state index in [0.717, 1.165) is 11.1 Å². The fourth-order valence-electron chi connectivity index (χ4n) is 3.68. The average molecular weight is 390 g/mol. The van der Waals surface area contributed by atoms with Crippen LogP contribution in [0.4, 0.5) is 10.1 Å². The number of hydrogen-bond donors (Lipinski definition) is 0. The van der Waals surface area contributed by atoms with E-state index in [9.17, 15) is 14.5 Å². The number of ether oxygens (including phenoxy) is 3. The summed E-state index contributed by atoms with van der Waals surface area (Å²) < 4.78 is 30.7. The molecule has 0 saturated carbocycles. The highest BCUT2D eigenvalue weighted by molar-refractivity contribution is 5.59. The van der Waals surface area contributed by atoms with Crippen LogP contribution in [0.1, 0.15) is 16.7 Å². The van der Waals surface area contributed by atoms with Crippen molar-refractivity contribution in [2.24, 2.45) is 0 Å². The highest BCUT2D eigenvalue weighted by Crippen LogP contribution is 2.43. The van der Waals surface area contributed by atoms with Gasteiger partial charge in [0.2, 0.25) is 5.75 Å². The zero-order chi connectivity index (χ0) is 20.3. The highest BCUT2D eigenvalue weighted by atomic mass is 19.1. The molecule has 0 fully saturated rings. The fourth-order valence-corrected chi connectivity index (χ4v) is 3.68. The van der Waals surface area contributed by atoms with Crippen molar-refractivity contribution in [3.63, 3.8) is 0 Å². The number of nitro groups is 1. The molecule has 0 saturated heterocycles. The van der Waals surface area contributed by atoms with Gasteiger partial charge in [0.25, 0.3) is 5.69 Å². The summed E-state index contributed by atoms with van der Waals surface area (Å²) in [5.74, 6) is 1.21. The molecular weight excluding hydrogens is 367 g/mol. The number of rotatable bonds is 6. The predicted molar refractivity (Wildman–Crippen MR) is 102 cm³/mol. The summed E-state index contributed by atoms with van der Waals surface area (Å²) in [7, 11) is 4.72. The molecule has 0 N–H and O–H groups in total. The molecule has 7 nitrogen and oxygen atoms in total. The third-order valence-electron chi connectivity index (χ3n) is 5.07. The number of fused-ring (bicyclic) bond motifs is 1. The van der Waals surface area contributed by atoms with Gasteiger partial charge in [0, 0.05) is 31.3 Å². The van der Waals surface area contributed by atoms with Crippen molar-refractivity contribution in [1.29, 1.82) is 0 Å². The van der Waals surface area contributed by atoms with Crippen LogP contribution in [-0.2, 0) is 19.4 Å². The van der Waals surface area contributed by atoms with Crippen LogP contribution in [0.2, 0.25) is 0 Å². The van der Waals surface area contributed by atoms with Gasteiger partial charge in [-0.2, -0.15) is 0 Å². The first-order valence-corrected chi connectivity index (χ1v) is 8.95. The third kappa shape index (κ3) is 3.73. The molecule has 2 aromatic rings. The Labute approximate surface area is 162 Å². The van der Waals surface area contributed by atoms with Crippen molar-refractivity contribution in [3.8, 4) is 17.2 Å². The van der Waals surface area contributed by atoms with Crippen LogP contribution in [-0.4, -0.2) is 44.2 Å². The monoisotopic (exact) mass is 390 g/mol. The van der Waals surface area contributed by atoms with E-state index in [4.69, 9.17) is 14.2 Å². The number of benzene rings is 2. The van der Waals surface area contributed by atoms with Crippen LogP contribution in [0.3, 0.4) is 0 Å². The molecule has 0 aromatic heterocycles. The Morgan fingerprint density at radius 3 is 2.46 bits per heavy atom. The topological polar surface area (TPSA) is 74.1 Å². The Bertz CT molecular complexity index is 887. The second-order valence-electron chi connectivity index (χ2n) is 6.55. The SMILES string of the molecule is COc1cc2c(c(OC)c1OC)CCN(Cc1c(F)cccc1[N+](=O)[O-])CC2. The van der Waals surface area contributed by atoms with Crippen molar-refractivity contribution in [2.45, 2.75) is 19.4 Å².